The average Bonchev–Trinajstić information content (AvgIpc) is 2.91. The minimum Gasteiger partial charge on any atom is -0.456 e. The lowest BCUT2D eigenvalue weighted by molar-refractivity contribution is -0.141. The van der Waals surface area contributed by atoms with Gasteiger partial charge in [0.15, 0.2) is 12.4 Å². The minimum atomic E-state index is -0.723. The second kappa shape index (κ2) is 8.65. The Kier molecular flexibility index (Phi) is 6.51. The number of ether oxygens (including phenoxy) is 1. The molecule has 1 amide bonds. The zero-order valence-corrected chi connectivity index (χ0v) is 16.7. The van der Waals surface area contributed by atoms with Crippen molar-refractivity contribution in [2.45, 2.75) is 34.6 Å². The van der Waals surface area contributed by atoms with Crippen LogP contribution in [0.2, 0.25) is 0 Å². The summed E-state index contributed by atoms with van der Waals surface area (Å²) in [6.07, 6.45) is 0. The summed E-state index contributed by atoms with van der Waals surface area (Å²) in [5.41, 5.74) is 4.19. The van der Waals surface area contributed by atoms with Crippen molar-refractivity contribution in [2.75, 3.05) is 13.2 Å². The maximum absolute atomic E-state index is 12.3. The van der Waals surface area contributed by atoms with Crippen molar-refractivity contribution >= 4 is 23.4 Å². The van der Waals surface area contributed by atoms with Crippen LogP contribution >= 0.6 is 0 Å². The predicted octanol–water partition coefficient (Wildman–Crippen LogP) is 2.61. The highest BCUT2D eigenvalue weighted by Gasteiger charge is 2.21. The number of H-pyrrole nitrogens is 1. The normalized spacial score (nSPS) is 10.5. The van der Waals surface area contributed by atoms with Crippen LogP contribution in [0.15, 0.2) is 18.2 Å². The van der Waals surface area contributed by atoms with Crippen molar-refractivity contribution in [1.82, 2.24) is 10.3 Å². The number of Topliss-reactive ketones (excluding diaryl/α,β-unsaturated/α-hetero) is 2. The molecule has 0 saturated carbocycles. The number of ketones is 2. The third kappa shape index (κ3) is 4.94. The average molecular weight is 384 g/mol. The van der Waals surface area contributed by atoms with E-state index in [1.807, 2.05) is 19.9 Å². The highest BCUT2D eigenvalue weighted by Crippen LogP contribution is 2.19. The van der Waals surface area contributed by atoms with Gasteiger partial charge in [-0.3, -0.25) is 19.2 Å². The molecular weight excluding hydrogens is 360 g/mol. The zero-order chi connectivity index (χ0) is 21.0. The summed E-state index contributed by atoms with van der Waals surface area (Å²) >= 11 is 0. The van der Waals surface area contributed by atoms with Gasteiger partial charge >= 0.3 is 5.97 Å². The fraction of sp³-hybridized carbons (Fsp3) is 0.333. The lowest BCUT2D eigenvalue weighted by Crippen LogP contribution is -2.31. The number of carbonyl (C=O) groups excluding carboxylic acids is 4. The predicted molar refractivity (Wildman–Crippen MR) is 104 cm³/mol. The van der Waals surface area contributed by atoms with Gasteiger partial charge in [-0.1, -0.05) is 17.2 Å². The third-order valence-corrected chi connectivity index (χ3v) is 4.31. The molecule has 0 fully saturated rings. The number of carbonyl (C=O) groups is 4. The Morgan fingerprint density at radius 2 is 1.61 bits per heavy atom. The van der Waals surface area contributed by atoms with E-state index >= 15 is 0 Å². The first-order valence-electron chi connectivity index (χ1n) is 8.85. The van der Waals surface area contributed by atoms with Crippen LogP contribution in [0.5, 0.6) is 0 Å². The molecule has 0 atom stereocenters. The van der Waals surface area contributed by atoms with E-state index in [0.29, 0.717) is 22.4 Å². The molecule has 1 heterocycles. The maximum atomic E-state index is 12.3. The van der Waals surface area contributed by atoms with Crippen molar-refractivity contribution in [3.8, 4) is 0 Å². The molecule has 2 aromatic rings. The number of benzene rings is 1. The Balaban J connectivity index is 1.90. The van der Waals surface area contributed by atoms with Crippen LogP contribution in [0.25, 0.3) is 0 Å². The quantitative estimate of drug-likeness (QED) is 0.564. The van der Waals surface area contributed by atoms with Gasteiger partial charge in [-0.2, -0.15) is 0 Å². The van der Waals surface area contributed by atoms with Gasteiger partial charge in [0.25, 0.3) is 5.91 Å². The molecule has 2 rings (SSSR count). The molecule has 0 bridgehead atoms. The SMILES string of the molecule is CC(=O)c1c(C)[nH]c(C(=O)COC(=O)CNC(=O)c2cc(C)cc(C)c2)c1C. The molecule has 0 aliphatic heterocycles. The second-order valence-electron chi connectivity index (χ2n) is 6.82. The number of nitrogens with one attached hydrogen (secondary N) is 2. The van der Waals surface area contributed by atoms with Crippen LogP contribution in [-0.4, -0.2) is 41.6 Å². The molecule has 7 heteroatoms. The highest BCUT2D eigenvalue weighted by molar-refractivity contribution is 6.04. The summed E-state index contributed by atoms with van der Waals surface area (Å²) in [7, 11) is 0. The van der Waals surface area contributed by atoms with Gasteiger partial charge in [0.05, 0.1) is 5.69 Å². The van der Waals surface area contributed by atoms with Crippen molar-refractivity contribution in [1.29, 1.82) is 0 Å². The van der Waals surface area contributed by atoms with Crippen LogP contribution in [0, 0.1) is 27.7 Å². The second-order valence-corrected chi connectivity index (χ2v) is 6.82. The van der Waals surface area contributed by atoms with Crippen molar-refractivity contribution in [2.24, 2.45) is 0 Å². The molecular formula is C21H24N2O5. The fourth-order valence-corrected chi connectivity index (χ4v) is 3.19. The number of amides is 1. The molecule has 0 aliphatic rings. The van der Waals surface area contributed by atoms with Crippen LogP contribution in [0.4, 0.5) is 0 Å². The van der Waals surface area contributed by atoms with Gasteiger partial charge in [-0.25, -0.2) is 0 Å². The van der Waals surface area contributed by atoms with E-state index in [-0.39, 0.29) is 18.0 Å². The number of aryl methyl sites for hydroxylation is 3. The molecule has 0 saturated heterocycles. The van der Waals surface area contributed by atoms with Crippen LogP contribution in [0.3, 0.4) is 0 Å². The van der Waals surface area contributed by atoms with E-state index in [4.69, 9.17) is 4.74 Å². The molecule has 0 radical (unpaired) electrons. The van der Waals surface area contributed by atoms with Gasteiger partial charge in [-0.15, -0.1) is 0 Å². The van der Waals surface area contributed by atoms with E-state index in [1.165, 1.54) is 6.92 Å². The molecule has 1 aromatic carbocycles. The van der Waals surface area contributed by atoms with Gasteiger partial charge < -0.3 is 15.0 Å². The Bertz CT molecular complexity index is 936. The number of aromatic amines is 1. The Morgan fingerprint density at radius 3 is 2.14 bits per heavy atom. The largest absolute Gasteiger partial charge is 0.456 e. The Hall–Kier alpha value is -3.22. The van der Waals surface area contributed by atoms with Crippen molar-refractivity contribution in [3.05, 3.63) is 57.4 Å². The van der Waals surface area contributed by atoms with Gasteiger partial charge in [-0.05, 0) is 52.3 Å². The monoisotopic (exact) mass is 384 g/mol. The summed E-state index contributed by atoms with van der Waals surface area (Å²) in [4.78, 5) is 50.8. The van der Waals surface area contributed by atoms with E-state index in [0.717, 1.165) is 11.1 Å². The maximum Gasteiger partial charge on any atom is 0.325 e. The highest BCUT2D eigenvalue weighted by atomic mass is 16.5. The summed E-state index contributed by atoms with van der Waals surface area (Å²) in [6.45, 7) is 7.73. The lowest BCUT2D eigenvalue weighted by Gasteiger charge is -2.07. The fourth-order valence-electron chi connectivity index (χ4n) is 3.19. The van der Waals surface area contributed by atoms with Crippen molar-refractivity contribution < 1.29 is 23.9 Å². The van der Waals surface area contributed by atoms with E-state index < -0.39 is 24.3 Å². The summed E-state index contributed by atoms with van der Waals surface area (Å²) in [6, 6.07) is 5.39. The number of esters is 1. The Morgan fingerprint density at radius 1 is 1.00 bits per heavy atom. The summed E-state index contributed by atoms with van der Waals surface area (Å²) < 4.78 is 4.95. The van der Waals surface area contributed by atoms with Crippen molar-refractivity contribution in [3.63, 3.8) is 0 Å². The minimum absolute atomic E-state index is 0.142. The number of hydrogen-bond donors (Lipinski definition) is 2. The van der Waals surface area contributed by atoms with Gasteiger partial charge in [0.1, 0.15) is 6.54 Å². The summed E-state index contributed by atoms with van der Waals surface area (Å²) in [5.74, 6) is -1.70. The molecule has 1 aromatic heterocycles. The first-order valence-corrected chi connectivity index (χ1v) is 8.85. The molecule has 2 N–H and O–H groups in total. The van der Waals surface area contributed by atoms with Crippen LogP contribution in [0.1, 0.15) is 60.5 Å². The van der Waals surface area contributed by atoms with Crippen LogP contribution in [-0.2, 0) is 9.53 Å². The molecule has 0 spiro atoms. The number of rotatable bonds is 7. The molecule has 28 heavy (non-hydrogen) atoms. The molecule has 0 aliphatic carbocycles. The van der Waals surface area contributed by atoms with Crippen LogP contribution < -0.4 is 5.32 Å². The molecule has 0 unspecified atom stereocenters. The lowest BCUT2D eigenvalue weighted by atomic mass is 10.1. The van der Waals surface area contributed by atoms with E-state index in [9.17, 15) is 19.2 Å². The van der Waals surface area contributed by atoms with E-state index in [1.54, 1.807) is 26.0 Å². The number of aromatic nitrogens is 1. The smallest absolute Gasteiger partial charge is 0.325 e. The Labute approximate surface area is 163 Å². The molecule has 148 valence electrons. The number of hydrogen-bond acceptors (Lipinski definition) is 5. The first-order chi connectivity index (χ1) is 13.1. The van der Waals surface area contributed by atoms with E-state index in [2.05, 4.69) is 10.3 Å². The standard InChI is InChI=1S/C21H24N2O5/c1-11-6-12(2)8-16(7-11)21(27)22-9-18(26)28-10-17(25)20-13(3)19(15(5)24)14(4)23-20/h6-8,23H,9-10H2,1-5H3,(H,22,27). The first kappa shape index (κ1) is 21.1. The third-order valence-electron chi connectivity index (χ3n) is 4.31. The zero-order valence-electron chi connectivity index (χ0n) is 16.7. The molecule has 7 nitrogen and oxygen atoms in total. The van der Waals surface area contributed by atoms with Gasteiger partial charge in [0.2, 0.25) is 5.78 Å². The van der Waals surface area contributed by atoms with Gasteiger partial charge in [0, 0.05) is 16.8 Å². The topological polar surface area (TPSA) is 105 Å². The summed E-state index contributed by atoms with van der Waals surface area (Å²) in [5, 5.41) is 2.48.